The van der Waals surface area contributed by atoms with Gasteiger partial charge in [-0.1, -0.05) is 18.2 Å². The molecule has 128 valence electrons. The van der Waals surface area contributed by atoms with E-state index in [4.69, 9.17) is 5.73 Å². The smallest absolute Gasteiger partial charge is 0.387 e. The Bertz CT molecular complexity index is 722. The molecule has 0 bridgehead atoms. The molecule has 0 radical (unpaired) electrons. The highest BCUT2D eigenvalue weighted by atomic mass is 19.3. The number of ether oxygens (including phenoxy) is 1. The molecule has 1 unspecified atom stereocenters. The summed E-state index contributed by atoms with van der Waals surface area (Å²) in [6.07, 6.45) is 0. The van der Waals surface area contributed by atoms with Gasteiger partial charge in [-0.25, -0.2) is 9.59 Å². The standard InChI is InChI=1S/C15H14F2N2O5/c1-6-9(13(20)21)10(11(14(22)23)12(18)19-6)7-4-2-3-5-8(7)24-15(16)17/h2-5,10,15,19H,18H2,1H3,(H,20,21)(H,22,23). The molecule has 0 saturated heterocycles. The molecular formula is C15H14F2N2O5. The van der Waals surface area contributed by atoms with Gasteiger partial charge in [-0.15, -0.1) is 0 Å². The number of dihydropyridines is 1. The van der Waals surface area contributed by atoms with Crippen LogP contribution in [0.5, 0.6) is 5.75 Å². The normalized spacial score (nSPS) is 17.8. The van der Waals surface area contributed by atoms with E-state index in [0.717, 1.165) is 0 Å². The molecular weight excluding hydrogens is 326 g/mol. The predicted octanol–water partition coefficient (Wildman–Crippen LogP) is 1.59. The third kappa shape index (κ3) is 3.14. The maximum absolute atomic E-state index is 12.6. The predicted molar refractivity (Wildman–Crippen MR) is 78.1 cm³/mol. The highest BCUT2D eigenvalue weighted by molar-refractivity contribution is 5.98. The number of nitrogens with one attached hydrogen (secondary N) is 1. The number of halogens is 2. The first-order chi connectivity index (χ1) is 11.2. The molecule has 9 heteroatoms. The van der Waals surface area contributed by atoms with Crippen LogP contribution < -0.4 is 15.8 Å². The van der Waals surface area contributed by atoms with Crippen LogP contribution in [-0.4, -0.2) is 28.8 Å². The van der Waals surface area contributed by atoms with Gasteiger partial charge in [-0.05, 0) is 13.0 Å². The molecule has 1 aliphatic rings. The van der Waals surface area contributed by atoms with Crippen LogP contribution in [0.3, 0.4) is 0 Å². The average molecular weight is 340 g/mol. The molecule has 5 N–H and O–H groups in total. The molecule has 0 amide bonds. The molecule has 1 heterocycles. The Labute approximate surface area is 135 Å². The molecule has 24 heavy (non-hydrogen) atoms. The summed E-state index contributed by atoms with van der Waals surface area (Å²) < 4.78 is 29.6. The van der Waals surface area contributed by atoms with Crippen LogP contribution in [-0.2, 0) is 9.59 Å². The van der Waals surface area contributed by atoms with Crippen LogP contribution in [0.1, 0.15) is 18.4 Å². The Balaban J connectivity index is 2.72. The largest absolute Gasteiger partial charge is 0.478 e. The van der Waals surface area contributed by atoms with Crippen LogP contribution in [0.4, 0.5) is 8.78 Å². The zero-order valence-corrected chi connectivity index (χ0v) is 12.4. The molecule has 2 rings (SSSR count). The fourth-order valence-corrected chi connectivity index (χ4v) is 2.61. The Morgan fingerprint density at radius 3 is 2.33 bits per heavy atom. The highest BCUT2D eigenvalue weighted by Gasteiger charge is 2.38. The van der Waals surface area contributed by atoms with Crippen molar-refractivity contribution in [2.24, 2.45) is 5.73 Å². The van der Waals surface area contributed by atoms with Crippen molar-refractivity contribution >= 4 is 11.9 Å². The summed E-state index contributed by atoms with van der Waals surface area (Å²) in [4.78, 5) is 23.2. The summed E-state index contributed by atoms with van der Waals surface area (Å²) >= 11 is 0. The third-order valence-electron chi connectivity index (χ3n) is 3.50. The number of rotatable bonds is 5. The van der Waals surface area contributed by atoms with E-state index in [1.54, 1.807) is 0 Å². The van der Waals surface area contributed by atoms with Crippen molar-refractivity contribution in [2.75, 3.05) is 0 Å². The van der Waals surface area contributed by atoms with Crippen LogP contribution in [0.15, 0.2) is 46.9 Å². The lowest BCUT2D eigenvalue weighted by molar-refractivity contribution is -0.133. The molecule has 0 spiro atoms. The minimum absolute atomic E-state index is 0.0311. The molecule has 1 aromatic carbocycles. The Morgan fingerprint density at radius 2 is 1.79 bits per heavy atom. The summed E-state index contributed by atoms with van der Waals surface area (Å²) in [5.74, 6) is -4.82. The second-order valence-electron chi connectivity index (χ2n) is 4.95. The summed E-state index contributed by atoms with van der Waals surface area (Å²) in [5.41, 5.74) is 5.00. The van der Waals surface area contributed by atoms with Crippen LogP contribution in [0.25, 0.3) is 0 Å². The van der Waals surface area contributed by atoms with Gasteiger partial charge in [-0.3, -0.25) is 0 Å². The van der Waals surface area contributed by atoms with E-state index >= 15 is 0 Å². The van der Waals surface area contributed by atoms with Crippen molar-refractivity contribution in [1.82, 2.24) is 5.32 Å². The molecule has 0 aromatic heterocycles. The van der Waals surface area contributed by atoms with E-state index in [0.29, 0.717) is 0 Å². The van der Waals surface area contributed by atoms with Gasteiger partial charge >= 0.3 is 18.6 Å². The van der Waals surface area contributed by atoms with E-state index in [-0.39, 0.29) is 28.4 Å². The van der Waals surface area contributed by atoms with E-state index in [9.17, 15) is 28.6 Å². The lowest BCUT2D eigenvalue weighted by atomic mass is 9.81. The minimum atomic E-state index is -3.15. The van der Waals surface area contributed by atoms with Gasteiger partial charge in [0, 0.05) is 11.3 Å². The van der Waals surface area contributed by atoms with Gasteiger partial charge in [0.25, 0.3) is 0 Å². The average Bonchev–Trinajstić information content (AvgIpc) is 2.45. The number of hydrogen-bond acceptors (Lipinski definition) is 5. The number of benzene rings is 1. The van der Waals surface area contributed by atoms with Crippen molar-refractivity contribution in [2.45, 2.75) is 19.5 Å². The molecule has 0 saturated carbocycles. The Morgan fingerprint density at radius 1 is 1.21 bits per heavy atom. The maximum atomic E-state index is 12.6. The van der Waals surface area contributed by atoms with Gasteiger partial charge < -0.3 is 26.0 Å². The number of hydrogen-bond donors (Lipinski definition) is 4. The quantitative estimate of drug-likeness (QED) is 0.642. The van der Waals surface area contributed by atoms with Gasteiger partial charge in [-0.2, -0.15) is 8.78 Å². The molecule has 7 nitrogen and oxygen atoms in total. The number of para-hydroxylation sites is 1. The van der Waals surface area contributed by atoms with E-state index in [2.05, 4.69) is 10.1 Å². The third-order valence-corrected chi connectivity index (χ3v) is 3.50. The van der Waals surface area contributed by atoms with E-state index in [1.165, 1.54) is 31.2 Å². The van der Waals surface area contributed by atoms with Gasteiger partial charge in [0.2, 0.25) is 0 Å². The molecule has 0 fully saturated rings. The van der Waals surface area contributed by atoms with Crippen molar-refractivity contribution in [3.63, 3.8) is 0 Å². The lowest BCUT2D eigenvalue weighted by Crippen LogP contribution is -2.35. The Hall–Kier alpha value is -3.10. The van der Waals surface area contributed by atoms with E-state index < -0.39 is 30.0 Å². The van der Waals surface area contributed by atoms with Crippen LogP contribution >= 0.6 is 0 Å². The first kappa shape index (κ1) is 17.3. The first-order valence-electron chi connectivity index (χ1n) is 6.71. The monoisotopic (exact) mass is 340 g/mol. The number of nitrogens with two attached hydrogens (primary N) is 1. The van der Waals surface area contributed by atoms with Gasteiger partial charge in [0.05, 0.1) is 17.1 Å². The van der Waals surface area contributed by atoms with E-state index in [1.807, 2.05) is 0 Å². The van der Waals surface area contributed by atoms with Crippen molar-refractivity contribution < 1.29 is 33.3 Å². The van der Waals surface area contributed by atoms with Crippen molar-refractivity contribution in [3.05, 3.63) is 52.5 Å². The maximum Gasteiger partial charge on any atom is 0.387 e. The second-order valence-corrected chi connectivity index (χ2v) is 4.95. The molecule has 1 aromatic rings. The minimum Gasteiger partial charge on any atom is -0.478 e. The van der Waals surface area contributed by atoms with Gasteiger partial charge in [0.15, 0.2) is 0 Å². The molecule has 0 aliphatic carbocycles. The van der Waals surface area contributed by atoms with Crippen molar-refractivity contribution in [3.8, 4) is 5.75 Å². The second kappa shape index (κ2) is 6.57. The van der Waals surface area contributed by atoms with Gasteiger partial charge in [0.1, 0.15) is 11.6 Å². The highest BCUT2D eigenvalue weighted by Crippen LogP contribution is 2.41. The number of alkyl halides is 2. The molecule has 1 atom stereocenters. The van der Waals surface area contributed by atoms with Crippen molar-refractivity contribution in [1.29, 1.82) is 0 Å². The first-order valence-corrected chi connectivity index (χ1v) is 6.71. The lowest BCUT2D eigenvalue weighted by Gasteiger charge is -2.29. The number of aliphatic carboxylic acids is 2. The number of allylic oxidation sites excluding steroid dienone is 1. The number of carboxylic acid groups (broad SMARTS) is 2. The zero-order valence-electron chi connectivity index (χ0n) is 12.4. The Kier molecular flexibility index (Phi) is 4.72. The fraction of sp³-hybridized carbons (Fsp3) is 0.200. The SMILES string of the molecule is CC1=C(C(=O)O)C(c2ccccc2OC(F)F)C(C(=O)O)=C(N)N1. The summed E-state index contributed by atoms with van der Waals surface area (Å²) in [6.45, 7) is -1.75. The van der Waals surface area contributed by atoms with Crippen LogP contribution in [0, 0.1) is 0 Å². The molecule has 1 aliphatic heterocycles. The number of carbonyl (C=O) groups is 2. The number of carboxylic acids is 2. The summed E-state index contributed by atoms with van der Waals surface area (Å²) in [6, 6.07) is 5.39. The summed E-state index contributed by atoms with van der Waals surface area (Å²) in [7, 11) is 0. The van der Waals surface area contributed by atoms with Crippen LogP contribution in [0.2, 0.25) is 0 Å². The fourth-order valence-electron chi connectivity index (χ4n) is 2.61. The topological polar surface area (TPSA) is 122 Å². The zero-order chi connectivity index (χ0) is 18.0. The summed E-state index contributed by atoms with van der Waals surface area (Å²) in [5, 5.41) is 21.4.